The highest BCUT2D eigenvalue weighted by atomic mass is 16.4. The number of carboxylic acid groups (broad SMARTS) is 1. The lowest BCUT2D eigenvalue weighted by molar-refractivity contribution is -0.138. The van der Waals surface area contributed by atoms with E-state index in [2.05, 4.69) is 5.92 Å². The van der Waals surface area contributed by atoms with E-state index in [0.29, 0.717) is 25.7 Å². The molecule has 3 nitrogen and oxygen atoms in total. The van der Waals surface area contributed by atoms with E-state index >= 15 is 0 Å². The molecule has 3 heteroatoms. The Kier molecular flexibility index (Phi) is 2.94. The van der Waals surface area contributed by atoms with Crippen molar-refractivity contribution in [2.24, 2.45) is 5.92 Å². The van der Waals surface area contributed by atoms with E-state index in [0.717, 1.165) is 0 Å². The number of carboxylic acids is 1. The third-order valence-electron chi connectivity index (χ3n) is 2.66. The monoisotopic (exact) mass is 182 g/mol. The van der Waals surface area contributed by atoms with Gasteiger partial charge < -0.3 is 10.2 Å². The highest BCUT2D eigenvalue weighted by Crippen LogP contribution is 2.33. The maximum Gasteiger partial charge on any atom is 0.303 e. The van der Waals surface area contributed by atoms with Crippen molar-refractivity contribution in [2.75, 3.05) is 0 Å². The standard InChI is InChI=1S/C10H14O3/c1-2-10(13)5-3-8(4-6-10)7-9(11)12/h1,8,13H,3-7H2,(H,11,12). The molecular formula is C10H14O3. The van der Waals surface area contributed by atoms with Gasteiger partial charge in [-0.3, -0.25) is 4.79 Å². The molecular weight excluding hydrogens is 168 g/mol. The van der Waals surface area contributed by atoms with Crippen LogP contribution in [0.3, 0.4) is 0 Å². The molecule has 0 aromatic rings. The summed E-state index contributed by atoms with van der Waals surface area (Å²) in [4.78, 5) is 10.4. The first-order valence-electron chi connectivity index (χ1n) is 4.48. The van der Waals surface area contributed by atoms with Gasteiger partial charge in [0, 0.05) is 6.42 Å². The van der Waals surface area contributed by atoms with Crippen LogP contribution in [-0.4, -0.2) is 21.8 Å². The summed E-state index contributed by atoms with van der Waals surface area (Å²) in [6, 6.07) is 0. The average Bonchev–Trinajstić information content (AvgIpc) is 2.09. The molecule has 0 amide bonds. The maximum absolute atomic E-state index is 10.4. The number of rotatable bonds is 2. The second-order valence-electron chi connectivity index (χ2n) is 3.72. The van der Waals surface area contributed by atoms with Crippen LogP contribution in [0.1, 0.15) is 32.1 Å². The van der Waals surface area contributed by atoms with Crippen molar-refractivity contribution >= 4 is 5.97 Å². The van der Waals surface area contributed by atoms with Gasteiger partial charge >= 0.3 is 5.97 Å². The molecule has 0 atom stereocenters. The Labute approximate surface area is 77.8 Å². The van der Waals surface area contributed by atoms with Crippen LogP contribution in [0.25, 0.3) is 0 Å². The number of terminal acetylenes is 1. The zero-order valence-electron chi connectivity index (χ0n) is 7.49. The smallest absolute Gasteiger partial charge is 0.303 e. The minimum Gasteiger partial charge on any atom is -0.481 e. The molecule has 0 aliphatic heterocycles. The van der Waals surface area contributed by atoms with Gasteiger partial charge in [-0.1, -0.05) is 5.92 Å². The first kappa shape index (κ1) is 10.1. The minimum absolute atomic E-state index is 0.186. The molecule has 13 heavy (non-hydrogen) atoms. The molecule has 0 spiro atoms. The van der Waals surface area contributed by atoms with Crippen molar-refractivity contribution in [1.82, 2.24) is 0 Å². The summed E-state index contributed by atoms with van der Waals surface area (Å²) in [6.45, 7) is 0. The van der Waals surface area contributed by atoms with Crippen molar-refractivity contribution in [1.29, 1.82) is 0 Å². The summed E-state index contributed by atoms with van der Waals surface area (Å²) in [5, 5.41) is 18.2. The summed E-state index contributed by atoms with van der Waals surface area (Å²) in [5.74, 6) is 1.78. The van der Waals surface area contributed by atoms with Crippen molar-refractivity contribution in [3.05, 3.63) is 0 Å². The number of hydrogen-bond acceptors (Lipinski definition) is 2. The van der Waals surface area contributed by atoms with Gasteiger partial charge in [0.25, 0.3) is 0 Å². The molecule has 72 valence electrons. The van der Waals surface area contributed by atoms with Gasteiger partial charge in [0.15, 0.2) is 0 Å². The fourth-order valence-corrected chi connectivity index (χ4v) is 1.75. The number of aliphatic carboxylic acids is 1. The fourth-order valence-electron chi connectivity index (χ4n) is 1.75. The van der Waals surface area contributed by atoms with Gasteiger partial charge in [-0.15, -0.1) is 6.42 Å². The summed E-state index contributed by atoms with van der Waals surface area (Å²) < 4.78 is 0. The summed E-state index contributed by atoms with van der Waals surface area (Å²) in [5.41, 5.74) is -0.977. The Balaban J connectivity index is 2.40. The van der Waals surface area contributed by atoms with E-state index in [4.69, 9.17) is 11.5 Å². The quantitative estimate of drug-likeness (QED) is 0.627. The van der Waals surface area contributed by atoms with Crippen LogP contribution in [0.4, 0.5) is 0 Å². The molecule has 0 aromatic heterocycles. The second-order valence-corrected chi connectivity index (χ2v) is 3.72. The molecule has 0 unspecified atom stereocenters. The van der Waals surface area contributed by atoms with Gasteiger partial charge in [0.05, 0.1) is 0 Å². The van der Waals surface area contributed by atoms with E-state index in [1.165, 1.54) is 0 Å². The number of carbonyl (C=O) groups is 1. The van der Waals surface area contributed by atoms with Crippen LogP contribution in [0, 0.1) is 18.3 Å². The molecule has 1 fully saturated rings. The predicted octanol–water partition coefficient (Wildman–Crippen LogP) is 1.02. The SMILES string of the molecule is C#CC1(O)CCC(CC(=O)O)CC1. The van der Waals surface area contributed by atoms with Crippen LogP contribution in [-0.2, 0) is 4.79 Å². The normalized spacial score (nSPS) is 33.7. The molecule has 0 radical (unpaired) electrons. The highest BCUT2D eigenvalue weighted by molar-refractivity contribution is 5.67. The van der Waals surface area contributed by atoms with Crippen LogP contribution in [0.15, 0.2) is 0 Å². The van der Waals surface area contributed by atoms with Gasteiger partial charge in [0.1, 0.15) is 5.60 Å². The maximum atomic E-state index is 10.4. The van der Waals surface area contributed by atoms with Crippen LogP contribution >= 0.6 is 0 Å². The van der Waals surface area contributed by atoms with E-state index < -0.39 is 11.6 Å². The van der Waals surface area contributed by atoms with Crippen molar-refractivity contribution in [2.45, 2.75) is 37.7 Å². The highest BCUT2D eigenvalue weighted by Gasteiger charge is 2.31. The van der Waals surface area contributed by atoms with E-state index in [1.54, 1.807) is 0 Å². The second kappa shape index (κ2) is 3.80. The van der Waals surface area contributed by atoms with E-state index in [1.807, 2.05) is 0 Å². The lowest BCUT2D eigenvalue weighted by Gasteiger charge is -2.31. The lowest BCUT2D eigenvalue weighted by atomic mass is 9.78. The molecule has 0 bridgehead atoms. The summed E-state index contributed by atoms with van der Waals surface area (Å²) >= 11 is 0. The van der Waals surface area contributed by atoms with Crippen molar-refractivity contribution in [3.8, 4) is 12.3 Å². The zero-order valence-corrected chi connectivity index (χ0v) is 7.49. The minimum atomic E-state index is -0.977. The largest absolute Gasteiger partial charge is 0.481 e. The van der Waals surface area contributed by atoms with Gasteiger partial charge in [0.2, 0.25) is 0 Å². The Hall–Kier alpha value is -1.01. The number of aliphatic hydroxyl groups is 1. The predicted molar refractivity (Wildman–Crippen MR) is 48.0 cm³/mol. The first-order chi connectivity index (χ1) is 6.06. The van der Waals surface area contributed by atoms with Gasteiger partial charge in [-0.2, -0.15) is 0 Å². The molecule has 0 aromatic carbocycles. The molecule has 1 rings (SSSR count). The topological polar surface area (TPSA) is 57.5 Å². The first-order valence-corrected chi connectivity index (χ1v) is 4.48. The summed E-state index contributed by atoms with van der Waals surface area (Å²) in [7, 11) is 0. The number of hydrogen-bond donors (Lipinski definition) is 2. The van der Waals surface area contributed by atoms with Crippen LogP contribution in [0.5, 0.6) is 0 Å². The zero-order chi connectivity index (χ0) is 9.90. The molecule has 2 N–H and O–H groups in total. The third kappa shape index (κ3) is 2.74. The molecule has 1 aliphatic rings. The van der Waals surface area contributed by atoms with Gasteiger partial charge in [-0.25, -0.2) is 0 Å². The fraction of sp³-hybridized carbons (Fsp3) is 0.700. The molecule has 0 saturated heterocycles. The Morgan fingerprint density at radius 2 is 2.08 bits per heavy atom. The van der Waals surface area contributed by atoms with Crippen LogP contribution < -0.4 is 0 Å². The molecule has 0 heterocycles. The Morgan fingerprint density at radius 3 is 2.46 bits per heavy atom. The van der Waals surface area contributed by atoms with Crippen molar-refractivity contribution < 1.29 is 15.0 Å². The average molecular weight is 182 g/mol. The van der Waals surface area contributed by atoms with Gasteiger partial charge in [-0.05, 0) is 31.6 Å². The Morgan fingerprint density at radius 1 is 1.54 bits per heavy atom. The van der Waals surface area contributed by atoms with Crippen molar-refractivity contribution in [3.63, 3.8) is 0 Å². The third-order valence-corrected chi connectivity index (χ3v) is 2.66. The van der Waals surface area contributed by atoms with E-state index in [-0.39, 0.29) is 12.3 Å². The molecule has 1 saturated carbocycles. The van der Waals surface area contributed by atoms with E-state index in [9.17, 15) is 9.90 Å². The Bertz CT molecular complexity index is 231. The molecule has 1 aliphatic carbocycles. The summed E-state index contributed by atoms with van der Waals surface area (Å²) in [6.07, 6.45) is 7.85. The van der Waals surface area contributed by atoms with Crippen LogP contribution in [0.2, 0.25) is 0 Å². The lowest BCUT2D eigenvalue weighted by Crippen LogP contribution is -2.32.